The predicted octanol–water partition coefficient (Wildman–Crippen LogP) is 5.02. The Balaban J connectivity index is 2.05. The van der Waals surface area contributed by atoms with Gasteiger partial charge >= 0.3 is 0 Å². The fourth-order valence-corrected chi connectivity index (χ4v) is 4.19. The van der Waals surface area contributed by atoms with Crippen LogP contribution in [0.25, 0.3) is 0 Å². The van der Waals surface area contributed by atoms with Crippen molar-refractivity contribution in [2.24, 2.45) is 5.92 Å². The van der Waals surface area contributed by atoms with E-state index in [1.807, 2.05) is 6.07 Å². The normalized spacial score (nSPS) is 20.8. The van der Waals surface area contributed by atoms with Gasteiger partial charge in [-0.15, -0.1) is 11.3 Å². The Morgan fingerprint density at radius 1 is 1.18 bits per heavy atom. The van der Waals surface area contributed by atoms with Crippen molar-refractivity contribution in [3.05, 3.63) is 21.3 Å². The average molecular weight is 272 g/mol. The summed E-state index contributed by atoms with van der Waals surface area (Å²) >= 11 is 7.78. The topological polar surface area (TPSA) is 12.0 Å². The fraction of sp³-hybridized carbons (Fsp3) is 0.714. The number of rotatable bonds is 3. The minimum atomic E-state index is 0.505. The summed E-state index contributed by atoms with van der Waals surface area (Å²) in [5, 5.41) is 3.50. The lowest BCUT2D eigenvalue weighted by molar-refractivity contribution is 0.302. The molecule has 0 spiro atoms. The molecular formula is C14H22ClNS. The van der Waals surface area contributed by atoms with Crippen molar-refractivity contribution in [1.29, 1.82) is 0 Å². The molecule has 1 fully saturated rings. The molecule has 0 radical (unpaired) electrons. The van der Waals surface area contributed by atoms with Crippen molar-refractivity contribution < 1.29 is 0 Å². The van der Waals surface area contributed by atoms with Gasteiger partial charge in [-0.1, -0.05) is 43.7 Å². The van der Waals surface area contributed by atoms with E-state index in [9.17, 15) is 0 Å². The lowest BCUT2D eigenvalue weighted by Crippen LogP contribution is -2.25. The molecule has 3 heteroatoms. The molecule has 1 nitrogen and oxygen atoms in total. The summed E-state index contributed by atoms with van der Waals surface area (Å²) in [7, 11) is 2.08. The van der Waals surface area contributed by atoms with Crippen LogP contribution in [0.4, 0.5) is 0 Å². The summed E-state index contributed by atoms with van der Waals surface area (Å²) in [5.41, 5.74) is 0. The van der Waals surface area contributed by atoms with Crippen LogP contribution in [-0.4, -0.2) is 7.05 Å². The zero-order valence-electron chi connectivity index (χ0n) is 10.5. The van der Waals surface area contributed by atoms with Crippen molar-refractivity contribution in [2.45, 2.75) is 51.0 Å². The summed E-state index contributed by atoms with van der Waals surface area (Å²) in [4.78, 5) is 1.41. The second kappa shape index (κ2) is 6.77. The van der Waals surface area contributed by atoms with Crippen LogP contribution in [-0.2, 0) is 0 Å². The third-order valence-electron chi connectivity index (χ3n) is 3.83. The largest absolute Gasteiger partial charge is 0.312 e. The Morgan fingerprint density at radius 3 is 2.35 bits per heavy atom. The van der Waals surface area contributed by atoms with Gasteiger partial charge in [0.25, 0.3) is 0 Å². The van der Waals surface area contributed by atoms with Gasteiger partial charge in [0.1, 0.15) is 0 Å². The first kappa shape index (κ1) is 13.4. The zero-order chi connectivity index (χ0) is 12.1. The fourth-order valence-electron chi connectivity index (χ4n) is 2.93. The summed E-state index contributed by atoms with van der Waals surface area (Å²) in [6.07, 6.45) is 9.77. The summed E-state index contributed by atoms with van der Waals surface area (Å²) in [6.45, 7) is 0. The minimum Gasteiger partial charge on any atom is -0.312 e. The second-order valence-electron chi connectivity index (χ2n) is 5.01. The molecule has 2 rings (SSSR count). The molecule has 1 N–H and O–H groups in total. The highest BCUT2D eigenvalue weighted by Crippen LogP contribution is 2.36. The highest BCUT2D eigenvalue weighted by Gasteiger charge is 2.23. The van der Waals surface area contributed by atoms with E-state index in [-0.39, 0.29) is 0 Å². The van der Waals surface area contributed by atoms with Crippen LogP contribution in [0.2, 0.25) is 4.34 Å². The van der Waals surface area contributed by atoms with Crippen LogP contribution in [0, 0.1) is 5.92 Å². The molecule has 1 aromatic rings. The third-order valence-corrected chi connectivity index (χ3v) is 5.15. The van der Waals surface area contributed by atoms with Gasteiger partial charge in [-0.3, -0.25) is 0 Å². The highest BCUT2D eigenvalue weighted by molar-refractivity contribution is 7.16. The number of thiophene rings is 1. The van der Waals surface area contributed by atoms with Crippen LogP contribution in [0.1, 0.15) is 55.9 Å². The zero-order valence-corrected chi connectivity index (χ0v) is 12.1. The van der Waals surface area contributed by atoms with E-state index in [2.05, 4.69) is 18.4 Å². The van der Waals surface area contributed by atoms with E-state index >= 15 is 0 Å². The van der Waals surface area contributed by atoms with Crippen molar-refractivity contribution >= 4 is 22.9 Å². The molecule has 0 bridgehead atoms. The van der Waals surface area contributed by atoms with Gasteiger partial charge in [-0.2, -0.15) is 0 Å². The first-order valence-electron chi connectivity index (χ1n) is 6.74. The number of hydrogen-bond acceptors (Lipinski definition) is 2. The van der Waals surface area contributed by atoms with E-state index < -0.39 is 0 Å². The van der Waals surface area contributed by atoms with Crippen LogP contribution < -0.4 is 5.32 Å². The van der Waals surface area contributed by atoms with E-state index in [1.54, 1.807) is 11.3 Å². The van der Waals surface area contributed by atoms with E-state index in [4.69, 9.17) is 11.6 Å². The van der Waals surface area contributed by atoms with Crippen LogP contribution in [0.5, 0.6) is 0 Å². The molecule has 96 valence electrons. The van der Waals surface area contributed by atoms with Gasteiger partial charge < -0.3 is 5.32 Å². The van der Waals surface area contributed by atoms with Gasteiger partial charge in [-0.05, 0) is 37.9 Å². The summed E-state index contributed by atoms with van der Waals surface area (Å²) < 4.78 is 0.908. The number of halogens is 1. The number of nitrogens with one attached hydrogen (secondary N) is 1. The van der Waals surface area contributed by atoms with Gasteiger partial charge in [0, 0.05) is 10.9 Å². The van der Waals surface area contributed by atoms with E-state index in [1.165, 1.54) is 49.8 Å². The molecule has 1 aliphatic rings. The maximum atomic E-state index is 6.05. The Kier molecular flexibility index (Phi) is 5.33. The highest BCUT2D eigenvalue weighted by atomic mass is 35.5. The van der Waals surface area contributed by atoms with Crippen LogP contribution in [0.15, 0.2) is 12.1 Å². The lowest BCUT2D eigenvalue weighted by atomic mass is 9.85. The molecule has 1 atom stereocenters. The quantitative estimate of drug-likeness (QED) is 0.814. The Bertz CT molecular complexity index is 329. The maximum Gasteiger partial charge on any atom is 0.0931 e. The molecule has 0 saturated heterocycles. The molecule has 0 aromatic carbocycles. The molecular weight excluding hydrogens is 250 g/mol. The SMILES string of the molecule is CNC(c1ccc(Cl)s1)C1CCCCCCC1. The Labute approximate surface area is 114 Å². The van der Waals surface area contributed by atoms with Gasteiger partial charge in [-0.25, -0.2) is 0 Å². The standard InChI is InChI=1S/C14H22ClNS/c1-16-14(12-9-10-13(15)17-12)11-7-5-3-2-4-6-8-11/h9-11,14,16H,2-8H2,1H3. The van der Waals surface area contributed by atoms with Gasteiger partial charge in [0.15, 0.2) is 0 Å². The van der Waals surface area contributed by atoms with Crippen molar-refractivity contribution in [2.75, 3.05) is 7.05 Å². The Morgan fingerprint density at radius 2 is 1.82 bits per heavy atom. The van der Waals surface area contributed by atoms with Gasteiger partial charge in [0.2, 0.25) is 0 Å². The molecule has 0 aliphatic heterocycles. The van der Waals surface area contributed by atoms with Crippen molar-refractivity contribution in [3.63, 3.8) is 0 Å². The Hall–Kier alpha value is -0.0500. The summed E-state index contributed by atoms with van der Waals surface area (Å²) in [5.74, 6) is 0.787. The first-order valence-corrected chi connectivity index (χ1v) is 7.93. The summed E-state index contributed by atoms with van der Waals surface area (Å²) in [6, 6.07) is 4.72. The molecule has 1 heterocycles. The van der Waals surface area contributed by atoms with Crippen LogP contribution in [0.3, 0.4) is 0 Å². The smallest absolute Gasteiger partial charge is 0.0931 e. The van der Waals surface area contributed by atoms with E-state index in [0.29, 0.717) is 6.04 Å². The molecule has 1 aliphatic carbocycles. The van der Waals surface area contributed by atoms with E-state index in [0.717, 1.165) is 10.3 Å². The third kappa shape index (κ3) is 3.70. The number of hydrogen-bond donors (Lipinski definition) is 1. The van der Waals surface area contributed by atoms with Crippen molar-refractivity contribution in [3.8, 4) is 0 Å². The predicted molar refractivity (Wildman–Crippen MR) is 76.9 cm³/mol. The monoisotopic (exact) mass is 271 g/mol. The van der Waals surface area contributed by atoms with Crippen molar-refractivity contribution in [1.82, 2.24) is 5.32 Å². The maximum absolute atomic E-state index is 6.05. The molecule has 1 unspecified atom stereocenters. The second-order valence-corrected chi connectivity index (χ2v) is 6.76. The average Bonchev–Trinajstić information content (AvgIpc) is 2.68. The molecule has 17 heavy (non-hydrogen) atoms. The molecule has 1 aromatic heterocycles. The lowest BCUT2D eigenvalue weighted by Gasteiger charge is -2.27. The van der Waals surface area contributed by atoms with Gasteiger partial charge in [0.05, 0.1) is 4.34 Å². The minimum absolute atomic E-state index is 0.505. The first-order chi connectivity index (χ1) is 8.31. The molecule has 0 amide bonds. The van der Waals surface area contributed by atoms with Crippen LogP contribution >= 0.6 is 22.9 Å². The molecule has 1 saturated carbocycles.